The molecular weight excluding hydrogens is 234 g/mol. The van der Waals surface area contributed by atoms with E-state index in [-0.39, 0.29) is 0 Å². The Morgan fingerprint density at radius 3 is 2.37 bits per heavy atom. The van der Waals surface area contributed by atoms with Crippen LogP contribution in [0.15, 0.2) is 47.5 Å². The average molecular weight is 255 g/mol. The highest BCUT2D eigenvalue weighted by Gasteiger charge is 2.00. The molecule has 2 aromatic carbocycles. The first kappa shape index (κ1) is 13.4. The lowest BCUT2D eigenvalue weighted by atomic mass is 10.1. The minimum absolute atomic E-state index is 0.691. The van der Waals surface area contributed by atoms with E-state index in [1.165, 1.54) is 16.3 Å². The summed E-state index contributed by atoms with van der Waals surface area (Å²) in [6.07, 6.45) is 0. The van der Waals surface area contributed by atoms with Crippen LogP contribution in [0.5, 0.6) is 0 Å². The van der Waals surface area contributed by atoms with Crippen molar-refractivity contribution >= 4 is 16.7 Å². The number of nitrogens with one attached hydrogen (secondary N) is 2. The minimum Gasteiger partial charge on any atom is -0.357 e. The second-order valence-electron chi connectivity index (χ2n) is 4.36. The maximum Gasteiger partial charge on any atom is 0.191 e. The van der Waals surface area contributed by atoms with Crippen LogP contribution in [0.1, 0.15) is 19.4 Å². The zero-order valence-electron chi connectivity index (χ0n) is 11.6. The smallest absolute Gasteiger partial charge is 0.191 e. The number of hydrogen-bond acceptors (Lipinski definition) is 1. The summed E-state index contributed by atoms with van der Waals surface area (Å²) in [6.45, 7) is 6.59. The van der Waals surface area contributed by atoms with E-state index in [0.29, 0.717) is 6.54 Å². The van der Waals surface area contributed by atoms with E-state index in [4.69, 9.17) is 0 Å². The summed E-state index contributed by atoms with van der Waals surface area (Å²) in [4.78, 5) is 4.62. The molecule has 19 heavy (non-hydrogen) atoms. The number of rotatable bonds is 4. The fourth-order valence-corrected chi connectivity index (χ4v) is 2.10. The quantitative estimate of drug-likeness (QED) is 0.651. The first-order valence-electron chi connectivity index (χ1n) is 6.84. The standard InChI is InChI=1S/C16H21N3/c1-3-17-16(18-4-2)19-12-14-10-7-9-13-8-5-6-11-15(13)14/h5-11H,3-4,12H2,1-2H3,(H2,17,18,19). The molecule has 0 saturated heterocycles. The maximum atomic E-state index is 4.62. The second kappa shape index (κ2) is 6.78. The van der Waals surface area contributed by atoms with Crippen LogP contribution >= 0.6 is 0 Å². The van der Waals surface area contributed by atoms with Crippen molar-refractivity contribution in [3.63, 3.8) is 0 Å². The molecule has 0 aliphatic rings. The normalized spacial score (nSPS) is 10.2. The van der Waals surface area contributed by atoms with E-state index in [1.54, 1.807) is 0 Å². The third kappa shape index (κ3) is 3.47. The fourth-order valence-electron chi connectivity index (χ4n) is 2.10. The van der Waals surface area contributed by atoms with Crippen LogP contribution in [0.3, 0.4) is 0 Å². The van der Waals surface area contributed by atoms with Gasteiger partial charge in [-0.1, -0.05) is 42.5 Å². The van der Waals surface area contributed by atoms with Crippen LogP contribution in [-0.2, 0) is 6.54 Å². The van der Waals surface area contributed by atoms with E-state index >= 15 is 0 Å². The van der Waals surface area contributed by atoms with Gasteiger partial charge in [0, 0.05) is 13.1 Å². The van der Waals surface area contributed by atoms with Crippen molar-refractivity contribution in [2.24, 2.45) is 4.99 Å². The van der Waals surface area contributed by atoms with E-state index in [2.05, 4.69) is 71.9 Å². The van der Waals surface area contributed by atoms with Gasteiger partial charge in [-0.15, -0.1) is 0 Å². The number of benzene rings is 2. The Morgan fingerprint density at radius 1 is 0.947 bits per heavy atom. The number of fused-ring (bicyclic) bond motifs is 1. The third-order valence-electron chi connectivity index (χ3n) is 2.98. The maximum absolute atomic E-state index is 4.62. The summed E-state index contributed by atoms with van der Waals surface area (Å²) < 4.78 is 0. The van der Waals surface area contributed by atoms with Gasteiger partial charge in [-0.25, -0.2) is 4.99 Å². The van der Waals surface area contributed by atoms with Gasteiger partial charge in [0.25, 0.3) is 0 Å². The summed E-state index contributed by atoms with van der Waals surface area (Å²) in [7, 11) is 0. The molecule has 0 radical (unpaired) electrons. The van der Waals surface area contributed by atoms with Crippen molar-refractivity contribution in [1.29, 1.82) is 0 Å². The Morgan fingerprint density at radius 2 is 1.63 bits per heavy atom. The predicted molar refractivity (Wildman–Crippen MR) is 82.4 cm³/mol. The highest BCUT2D eigenvalue weighted by Crippen LogP contribution is 2.18. The Bertz CT molecular complexity index is 547. The van der Waals surface area contributed by atoms with E-state index in [1.807, 2.05) is 0 Å². The Labute approximate surface area is 114 Å². The molecule has 3 heteroatoms. The lowest BCUT2D eigenvalue weighted by molar-refractivity contribution is 0.840. The molecule has 0 aromatic heterocycles. The highest BCUT2D eigenvalue weighted by molar-refractivity contribution is 5.86. The molecule has 0 spiro atoms. The van der Waals surface area contributed by atoms with Crippen LogP contribution in [0, 0.1) is 0 Å². The van der Waals surface area contributed by atoms with E-state index < -0.39 is 0 Å². The molecule has 0 bridgehead atoms. The number of aliphatic imine (C=N–C) groups is 1. The third-order valence-corrected chi connectivity index (χ3v) is 2.98. The van der Waals surface area contributed by atoms with Crippen LogP contribution in [0.25, 0.3) is 10.8 Å². The van der Waals surface area contributed by atoms with Crippen LogP contribution in [-0.4, -0.2) is 19.0 Å². The van der Waals surface area contributed by atoms with Crippen LogP contribution < -0.4 is 10.6 Å². The Kier molecular flexibility index (Phi) is 4.78. The first-order chi connectivity index (χ1) is 9.35. The van der Waals surface area contributed by atoms with Crippen LogP contribution in [0.4, 0.5) is 0 Å². The minimum atomic E-state index is 0.691. The lowest BCUT2D eigenvalue weighted by Crippen LogP contribution is -2.36. The number of hydrogen-bond donors (Lipinski definition) is 2. The SMILES string of the molecule is CCNC(=NCc1cccc2ccccc12)NCC. The Hall–Kier alpha value is -2.03. The summed E-state index contributed by atoms with van der Waals surface area (Å²) >= 11 is 0. The highest BCUT2D eigenvalue weighted by atomic mass is 15.2. The van der Waals surface area contributed by atoms with Crippen molar-refractivity contribution in [3.05, 3.63) is 48.0 Å². The van der Waals surface area contributed by atoms with Gasteiger partial charge in [0.1, 0.15) is 0 Å². The summed E-state index contributed by atoms with van der Waals surface area (Å²) in [5.41, 5.74) is 1.26. The molecule has 2 N–H and O–H groups in total. The van der Waals surface area contributed by atoms with Gasteiger partial charge in [-0.3, -0.25) is 0 Å². The molecule has 0 saturated carbocycles. The van der Waals surface area contributed by atoms with E-state index in [9.17, 15) is 0 Å². The Balaban J connectivity index is 2.23. The zero-order valence-corrected chi connectivity index (χ0v) is 11.6. The van der Waals surface area contributed by atoms with Gasteiger partial charge in [-0.05, 0) is 30.2 Å². The molecular formula is C16H21N3. The molecule has 0 atom stereocenters. The number of nitrogens with zero attached hydrogens (tertiary/aromatic N) is 1. The topological polar surface area (TPSA) is 36.4 Å². The van der Waals surface area contributed by atoms with Crippen molar-refractivity contribution < 1.29 is 0 Å². The van der Waals surface area contributed by atoms with Gasteiger partial charge in [0.2, 0.25) is 0 Å². The van der Waals surface area contributed by atoms with Crippen molar-refractivity contribution in [3.8, 4) is 0 Å². The van der Waals surface area contributed by atoms with Gasteiger partial charge in [-0.2, -0.15) is 0 Å². The van der Waals surface area contributed by atoms with Crippen molar-refractivity contribution in [2.75, 3.05) is 13.1 Å². The summed E-state index contributed by atoms with van der Waals surface area (Å²) in [6, 6.07) is 14.8. The first-order valence-corrected chi connectivity index (χ1v) is 6.84. The average Bonchev–Trinajstić information content (AvgIpc) is 2.45. The molecule has 2 rings (SSSR count). The summed E-state index contributed by atoms with van der Waals surface area (Å²) in [5.74, 6) is 0.873. The van der Waals surface area contributed by atoms with Crippen molar-refractivity contribution in [2.45, 2.75) is 20.4 Å². The van der Waals surface area contributed by atoms with Gasteiger partial charge in [0.15, 0.2) is 5.96 Å². The lowest BCUT2D eigenvalue weighted by Gasteiger charge is -2.10. The van der Waals surface area contributed by atoms with Gasteiger partial charge >= 0.3 is 0 Å². The second-order valence-corrected chi connectivity index (χ2v) is 4.36. The molecule has 100 valence electrons. The molecule has 0 unspecified atom stereocenters. The molecule has 0 heterocycles. The van der Waals surface area contributed by atoms with Gasteiger partial charge in [0.05, 0.1) is 6.54 Å². The van der Waals surface area contributed by atoms with E-state index in [0.717, 1.165) is 19.0 Å². The molecule has 3 nitrogen and oxygen atoms in total. The monoisotopic (exact) mass is 255 g/mol. The van der Waals surface area contributed by atoms with Crippen LogP contribution in [0.2, 0.25) is 0 Å². The fraction of sp³-hybridized carbons (Fsp3) is 0.312. The number of guanidine groups is 1. The summed E-state index contributed by atoms with van der Waals surface area (Å²) in [5, 5.41) is 9.03. The molecule has 0 aliphatic carbocycles. The molecule has 0 amide bonds. The zero-order chi connectivity index (χ0) is 13.5. The molecule has 0 fully saturated rings. The largest absolute Gasteiger partial charge is 0.357 e. The molecule has 0 aliphatic heterocycles. The predicted octanol–water partition coefficient (Wildman–Crippen LogP) is 2.91. The molecule has 2 aromatic rings. The van der Waals surface area contributed by atoms with Gasteiger partial charge < -0.3 is 10.6 Å². The van der Waals surface area contributed by atoms with Crippen molar-refractivity contribution in [1.82, 2.24) is 10.6 Å².